The number of ether oxygens (including phenoxy) is 1. The van der Waals surface area contributed by atoms with Crippen molar-refractivity contribution in [3.05, 3.63) is 23.5 Å². The Labute approximate surface area is 55.0 Å². The van der Waals surface area contributed by atoms with Crippen LogP contribution in [0.25, 0.3) is 0 Å². The third kappa shape index (κ3) is 1.33. The summed E-state index contributed by atoms with van der Waals surface area (Å²) in [6.45, 7) is 3.94. The molecule has 0 aromatic rings. The fourth-order valence-electron chi connectivity index (χ4n) is 0.763. The van der Waals surface area contributed by atoms with Gasteiger partial charge in [-0.25, -0.2) is 0 Å². The summed E-state index contributed by atoms with van der Waals surface area (Å²) in [5.41, 5.74) is 7.70. The Morgan fingerprint density at radius 2 is 2.22 bits per heavy atom. The van der Waals surface area contributed by atoms with Crippen molar-refractivity contribution in [1.82, 2.24) is 0 Å². The summed E-state index contributed by atoms with van der Waals surface area (Å²) in [4.78, 5) is 0. The van der Waals surface area contributed by atoms with Gasteiger partial charge in [0.1, 0.15) is 0 Å². The van der Waals surface area contributed by atoms with Crippen LogP contribution in [-0.4, -0.2) is 6.23 Å². The van der Waals surface area contributed by atoms with Crippen LogP contribution in [0.2, 0.25) is 0 Å². The molecule has 1 heterocycles. The topological polar surface area (TPSA) is 35.2 Å². The normalized spacial score (nSPS) is 26.3. The van der Waals surface area contributed by atoms with Gasteiger partial charge in [0.05, 0.1) is 6.26 Å². The molecule has 50 valence electrons. The van der Waals surface area contributed by atoms with Crippen molar-refractivity contribution in [3.63, 3.8) is 0 Å². The Morgan fingerprint density at radius 3 is 2.67 bits per heavy atom. The van der Waals surface area contributed by atoms with Gasteiger partial charge in [0.25, 0.3) is 0 Å². The summed E-state index contributed by atoms with van der Waals surface area (Å²) >= 11 is 0. The van der Waals surface area contributed by atoms with Gasteiger partial charge in [-0.1, -0.05) is 6.08 Å². The average molecular weight is 125 g/mol. The van der Waals surface area contributed by atoms with Crippen LogP contribution in [0.3, 0.4) is 0 Å². The molecule has 0 radical (unpaired) electrons. The average Bonchev–Trinajstić information content (AvgIpc) is 1.80. The Bertz CT molecular complexity index is 170. The van der Waals surface area contributed by atoms with Crippen LogP contribution in [0, 0.1) is 0 Å². The first-order valence-electron chi connectivity index (χ1n) is 2.96. The molecule has 2 nitrogen and oxygen atoms in total. The lowest BCUT2D eigenvalue weighted by molar-refractivity contribution is 0.176. The van der Waals surface area contributed by atoms with Crippen LogP contribution in [0.4, 0.5) is 0 Å². The second-order valence-corrected chi connectivity index (χ2v) is 2.31. The maximum Gasteiger partial charge on any atom is 0.169 e. The predicted molar refractivity (Wildman–Crippen MR) is 36.6 cm³/mol. The van der Waals surface area contributed by atoms with Crippen molar-refractivity contribution in [2.75, 3.05) is 0 Å². The van der Waals surface area contributed by atoms with E-state index in [0.29, 0.717) is 0 Å². The standard InChI is InChI=1S/C7H11NO/c1-5-3-6(2)7(8)9-4-5/h3-4,7H,8H2,1-2H3. The molecule has 0 spiro atoms. The second kappa shape index (κ2) is 2.23. The number of hydrogen-bond acceptors (Lipinski definition) is 2. The zero-order valence-electron chi connectivity index (χ0n) is 5.72. The molecule has 0 saturated carbocycles. The summed E-state index contributed by atoms with van der Waals surface area (Å²) in [5, 5.41) is 0. The molecule has 2 N–H and O–H groups in total. The van der Waals surface area contributed by atoms with E-state index in [2.05, 4.69) is 0 Å². The molecule has 1 unspecified atom stereocenters. The number of nitrogens with two attached hydrogens (primary N) is 1. The van der Waals surface area contributed by atoms with Gasteiger partial charge < -0.3 is 4.74 Å². The van der Waals surface area contributed by atoms with Crippen molar-refractivity contribution >= 4 is 0 Å². The van der Waals surface area contributed by atoms with Crippen molar-refractivity contribution < 1.29 is 4.74 Å². The second-order valence-electron chi connectivity index (χ2n) is 2.31. The first-order chi connectivity index (χ1) is 4.20. The molecule has 1 atom stereocenters. The van der Waals surface area contributed by atoms with Crippen LogP contribution in [0.5, 0.6) is 0 Å². The van der Waals surface area contributed by atoms with Crippen LogP contribution in [0.15, 0.2) is 23.5 Å². The summed E-state index contributed by atoms with van der Waals surface area (Å²) < 4.78 is 5.05. The fraction of sp³-hybridized carbons (Fsp3) is 0.429. The zero-order chi connectivity index (χ0) is 6.85. The third-order valence-corrected chi connectivity index (χ3v) is 1.30. The van der Waals surface area contributed by atoms with Gasteiger partial charge in [0.2, 0.25) is 0 Å². The van der Waals surface area contributed by atoms with E-state index in [1.807, 2.05) is 19.9 Å². The first kappa shape index (κ1) is 6.36. The molecule has 0 aromatic carbocycles. The molecule has 0 amide bonds. The maximum absolute atomic E-state index is 5.51. The highest BCUT2D eigenvalue weighted by Crippen LogP contribution is 2.11. The molecule has 9 heavy (non-hydrogen) atoms. The van der Waals surface area contributed by atoms with E-state index in [-0.39, 0.29) is 6.23 Å². The highest BCUT2D eigenvalue weighted by molar-refractivity contribution is 5.23. The number of hydrogen-bond donors (Lipinski definition) is 1. The van der Waals surface area contributed by atoms with E-state index in [1.165, 1.54) is 0 Å². The minimum atomic E-state index is -0.228. The predicted octanol–water partition coefficient (Wildman–Crippen LogP) is 1.15. The zero-order valence-corrected chi connectivity index (χ0v) is 5.72. The van der Waals surface area contributed by atoms with Gasteiger partial charge in [0.15, 0.2) is 6.23 Å². The van der Waals surface area contributed by atoms with Crippen LogP contribution in [-0.2, 0) is 4.74 Å². The fourth-order valence-corrected chi connectivity index (χ4v) is 0.763. The number of allylic oxidation sites excluding steroid dienone is 2. The van der Waals surface area contributed by atoms with Crippen molar-refractivity contribution in [2.24, 2.45) is 5.73 Å². The van der Waals surface area contributed by atoms with Gasteiger partial charge >= 0.3 is 0 Å². The SMILES string of the molecule is CC1=COC(N)C(C)=C1. The Balaban J connectivity index is 2.74. The Hall–Kier alpha value is -0.760. The van der Waals surface area contributed by atoms with Crippen LogP contribution < -0.4 is 5.73 Å². The van der Waals surface area contributed by atoms with Crippen molar-refractivity contribution in [1.29, 1.82) is 0 Å². The molecule has 0 aromatic heterocycles. The van der Waals surface area contributed by atoms with E-state index in [0.717, 1.165) is 11.1 Å². The molecule has 0 fully saturated rings. The van der Waals surface area contributed by atoms with Crippen molar-refractivity contribution in [3.8, 4) is 0 Å². The molecular formula is C7H11NO. The lowest BCUT2D eigenvalue weighted by Crippen LogP contribution is -2.24. The van der Waals surface area contributed by atoms with Crippen molar-refractivity contribution in [2.45, 2.75) is 20.1 Å². The molecule has 1 rings (SSSR count). The Morgan fingerprint density at radius 1 is 1.56 bits per heavy atom. The molecular weight excluding hydrogens is 114 g/mol. The summed E-state index contributed by atoms with van der Waals surface area (Å²) in [6.07, 6.45) is 3.47. The minimum absolute atomic E-state index is 0.228. The molecule has 0 aliphatic carbocycles. The van der Waals surface area contributed by atoms with E-state index in [9.17, 15) is 0 Å². The molecule has 0 saturated heterocycles. The summed E-state index contributed by atoms with van der Waals surface area (Å²) in [5.74, 6) is 0. The van der Waals surface area contributed by atoms with Crippen LogP contribution >= 0.6 is 0 Å². The van der Waals surface area contributed by atoms with E-state index in [4.69, 9.17) is 10.5 Å². The number of rotatable bonds is 0. The van der Waals surface area contributed by atoms with E-state index < -0.39 is 0 Å². The smallest absolute Gasteiger partial charge is 0.169 e. The molecule has 0 bridgehead atoms. The molecule has 1 aliphatic rings. The highest BCUT2D eigenvalue weighted by atomic mass is 16.5. The van der Waals surface area contributed by atoms with Gasteiger partial charge in [-0.05, 0) is 25.0 Å². The lowest BCUT2D eigenvalue weighted by atomic mass is 10.1. The first-order valence-corrected chi connectivity index (χ1v) is 2.96. The van der Waals surface area contributed by atoms with Gasteiger partial charge in [-0.3, -0.25) is 5.73 Å². The van der Waals surface area contributed by atoms with Gasteiger partial charge in [0, 0.05) is 0 Å². The minimum Gasteiger partial charge on any atom is -0.479 e. The van der Waals surface area contributed by atoms with E-state index in [1.54, 1.807) is 6.26 Å². The summed E-state index contributed by atoms with van der Waals surface area (Å²) in [7, 11) is 0. The molecule has 2 heteroatoms. The molecule has 1 aliphatic heterocycles. The lowest BCUT2D eigenvalue weighted by Gasteiger charge is -2.16. The third-order valence-electron chi connectivity index (χ3n) is 1.30. The van der Waals surface area contributed by atoms with Gasteiger partial charge in [-0.15, -0.1) is 0 Å². The van der Waals surface area contributed by atoms with E-state index >= 15 is 0 Å². The quantitative estimate of drug-likeness (QED) is 0.527. The Kier molecular flexibility index (Phi) is 1.58. The largest absolute Gasteiger partial charge is 0.479 e. The summed E-state index contributed by atoms with van der Waals surface area (Å²) in [6, 6.07) is 0. The van der Waals surface area contributed by atoms with Gasteiger partial charge in [-0.2, -0.15) is 0 Å². The maximum atomic E-state index is 5.51. The highest BCUT2D eigenvalue weighted by Gasteiger charge is 2.07. The monoisotopic (exact) mass is 125 g/mol. The van der Waals surface area contributed by atoms with Crippen LogP contribution in [0.1, 0.15) is 13.8 Å².